The van der Waals surface area contributed by atoms with Crippen molar-refractivity contribution in [2.75, 3.05) is 13.1 Å². The van der Waals surface area contributed by atoms with Gasteiger partial charge in [0.25, 0.3) is 0 Å². The molecule has 7 heteroatoms. The van der Waals surface area contributed by atoms with Crippen LogP contribution in [0.1, 0.15) is 25.8 Å². The van der Waals surface area contributed by atoms with E-state index >= 15 is 0 Å². The number of nitrogens with zero attached hydrogens (tertiary/aromatic N) is 3. The Morgan fingerprint density at radius 2 is 2.00 bits per heavy atom. The highest BCUT2D eigenvalue weighted by atomic mass is 35.5. The number of rotatable bonds is 2. The van der Waals surface area contributed by atoms with Crippen LogP contribution in [0.3, 0.4) is 0 Å². The Hall–Kier alpha value is -0.780. The first kappa shape index (κ1) is 17.2. The molecular weight excluding hydrogens is 275 g/mol. The molecule has 18 heavy (non-hydrogen) atoms. The normalized spacial score (nSPS) is 17.6. The molecule has 1 unspecified atom stereocenters. The summed E-state index contributed by atoms with van der Waals surface area (Å²) in [6, 6.07) is 1.86. The maximum absolute atomic E-state index is 12.1. The summed E-state index contributed by atoms with van der Waals surface area (Å²) < 4.78 is 1.69. The van der Waals surface area contributed by atoms with Gasteiger partial charge in [-0.15, -0.1) is 24.8 Å². The minimum atomic E-state index is -0.218. The van der Waals surface area contributed by atoms with Crippen LogP contribution in [-0.4, -0.2) is 39.7 Å². The van der Waals surface area contributed by atoms with Crippen molar-refractivity contribution in [3.63, 3.8) is 0 Å². The minimum Gasteiger partial charge on any atom is -0.341 e. The number of hydrogen-bond donors (Lipinski definition) is 1. The van der Waals surface area contributed by atoms with E-state index in [1.54, 1.807) is 10.9 Å². The van der Waals surface area contributed by atoms with Crippen LogP contribution in [0.25, 0.3) is 0 Å². The van der Waals surface area contributed by atoms with Gasteiger partial charge in [0.15, 0.2) is 0 Å². The van der Waals surface area contributed by atoms with Gasteiger partial charge in [-0.1, -0.05) is 0 Å². The average Bonchev–Trinajstić information content (AvgIpc) is 2.81. The van der Waals surface area contributed by atoms with Gasteiger partial charge in [-0.2, -0.15) is 5.10 Å². The summed E-state index contributed by atoms with van der Waals surface area (Å²) in [4.78, 5) is 14.0. The Balaban J connectivity index is 0.00000144. The van der Waals surface area contributed by atoms with Crippen molar-refractivity contribution in [2.24, 2.45) is 5.73 Å². The Morgan fingerprint density at radius 1 is 1.39 bits per heavy atom. The maximum atomic E-state index is 12.1. The number of carbonyl (C=O) groups is 1. The van der Waals surface area contributed by atoms with Gasteiger partial charge in [-0.25, -0.2) is 0 Å². The molecule has 0 aliphatic carbocycles. The van der Waals surface area contributed by atoms with Crippen LogP contribution in [0.4, 0.5) is 0 Å². The number of hydrogen-bond acceptors (Lipinski definition) is 3. The zero-order chi connectivity index (χ0) is 11.5. The van der Waals surface area contributed by atoms with Crippen LogP contribution < -0.4 is 5.73 Å². The molecule has 1 aromatic heterocycles. The molecule has 2 rings (SSSR count). The quantitative estimate of drug-likeness (QED) is 0.892. The SMILES string of the molecule is CC(C(=O)N1CCC(N)CC1)n1cccn1.Cl.Cl. The number of carbonyl (C=O) groups excluding carboxylic acids is 1. The molecule has 1 aliphatic rings. The van der Waals surface area contributed by atoms with Crippen molar-refractivity contribution in [1.82, 2.24) is 14.7 Å². The molecule has 1 aliphatic heterocycles. The lowest BCUT2D eigenvalue weighted by Gasteiger charge is -2.32. The molecule has 2 heterocycles. The van der Waals surface area contributed by atoms with Crippen LogP contribution in [0.2, 0.25) is 0 Å². The molecule has 2 N–H and O–H groups in total. The first-order chi connectivity index (χ1) is 7.68. The summed E-state index contributed by atoms with van der Waals surface area (Å²) in [5, 5.41) is 4.09. The first-order valence-electron chi connectivity index (χ1n) is 5.72. The van der Waals surface area contributed by atoms with E-state index in [4.69, 9.17) is 5.73 Å². The molecule has 1 saturated heterocycles. The van der Waals surface area contributed by atoms with Gasteiger partial charge in [-0.3, -0.25) is 9.48 Å². The molecule has 0 spiro atoms. The van der Waals surface area contributed by atoms with Crippen LogP contribution >= 0.6 is 24.8 Å². The number of nitrogens with two attached hydrogens (primary N) is 1. The molecule has 0 radical (unpaired) electrons. The Kier molecular flexibility index (Phi) is 7.28. The number of likely N-dealkylation sites (tertiary alicyclic amines) is 1. The Bertz CT molecular complexity index is 350. The number of amides is 1. The standard InChI is InChI=1S/C11H18N4O.2ClH/c1-9(15-6-2-5-13-15)11(16)14-7-3-10(12)4-8-14;;/h2,5-6,9-10H,3-4,7-8,12H2,1H3;2*1H. The van der Waals surface area contributed by atoms with Gasteiger partial charge < -0.3 is 10.6 Å². The summed E-state index contributed by atoms with van der Waals surface area (Å²) in [6.45, 7) is 3.42. The molecule has 5 nitrogen and oxygen atoms in total. The van der Waals surface area contributed by atoms with Crippen molar-refractivity contribution in [1.29, 1.82) is 0 Å². The van der Waals surface area contributed by atoms with Crippen LogP contribution in [0.5, 0.6) is 0 Å². The third kappa shape index (κ3) is 3.86. The fourth-order valence-corrected chi connectivity index (χ4v) is 2.01. The van der Waals surface area contributed by atoms with Crippen molar-refractivity contribution in [2.45, 2.75) is 31.8 Å². The lowest BCUT2D eigenvalue weighted by Crippen LogP contribution is -2.45. The lowest BCUT2D eigenvalue weighted by molar-refractivity contribution is -0.135. The van der Waals surface area contributed by atoms with Crippen LogP contribution in [-0.2, 0) is 4.79 Å². The summed E-state index contributed by atoms with van der Waals surface area (Å²) in [5.41, 5.74) is 5.81. The van der Waals surface area contributed by atoms with Gasteiger partial charge >= 0.3 is 0 Å². The van der Waals surface area contributed by atoms with Crippen molar-refractivity contribution >= 4 is 30.7 Å². The van der Waals surface area contributed by atoms with E-state index in [1.165, 1.54) is 0 Å². The summed E-state index contributed by atoms with van der Waals surface area (Å²) in [6.07, 6.45) is 5.31. The predicted molar refractivity (Wildman–Crippen MR) is 75.2 cm³/mol. The minimum absolute atomic E-state index is 0. The average molecular weight is 295 g/mol. The van der Waals surface area contributed by atoms with Crippen LogP contribution in [0.15, 0.2) is 18.5 Å². The van der Waals surface area contributed by atoms with E-state index in [2.05, 4.69) is 5.10 Å². The lowest BCUT2D eigenvalue weighted by atomic mass is 10.1. The third-order valence-corrected chi connectivity index (χ3v) is 3.13. The molecule has 0 saturated carbocycles. The first-order valence-corrected chi connectivity index (χ1v) is 5.72. The van der Waals surface area contributed by atoms with Gasteiger partial charge in [-0.05, 0) is 25.8 Å². The molecule has 1 atom stereocenters. The monoisotopic (exact) mass is 294 g/mol. The van der Waals surface area contributed by atoms with Crippen molar-refractivity contribution < 1.29 is 4.79 Å². The Morgan fingerprint density at radius 3 is 2.50 bits per heavy atom. The molecule has 0 bridgehead atoms. The molecule has 1 aromatic rings. The third-order valence-electron chi connectivity index (χ3n) is 3.13. The van der Waals surface area contributed by atoms with Gasteiger partial charge in [0.2, 0.25) is 5.91 Å². The highest BCUT2D eigenvalue weighted by molar-refractivity contribution is 5.85. The van der Waals surface area contributed by atoms with E-state index in [-0.39, 0.29) is 42.8 Å². The molecule has 1 amide bonds. The summed E-state index contributed by atoms with van der Waals surface area (Å²) in [7, 11) is 0. The molecular formula is C11H20Cl2N4O. The number of aromatic nitrogens is 2. The summed E-state index contributed by atoms with van der Waals surface area (Å²) >= 11 is 0. The highest BCUT2D eigenvalue weighted by Gasteiger charge is 2.25. The molecule has 1 fully saturated rings. The van der Waals surface area contributed by atoms with Gasteiger partial charge in [0, 0.05) is 31.5 Å². The van der Waals surface area contributed by atoms with Crippen LogP contribution in [0, 0.1) is 0 Å². The fourth-order valence-electron chi connectivity index (χ4n) is 2.01. The predicted octanol–water partition coefficient (Wildman–Crippen LogP) is 1.24. The molecule has 104 valence electrons. The van der Waals surface area contributed by atoms with Gasteiger partial charge in [0.1, 0.15) is 6.04 Å². The Labute approximate surface area is 120 Å². The van der Waals surface area contributed by atoms with Gasteiger partial charge in [0.05, 0.1) is 0 Å². The van der Waals surface area contributed by atoms with E-state index in [0.29, 0.717) is 0 Å². The number of halogens is 2. The fraction of sp³-hybridized carbons (Fsp3) is 0.636. The summed E-state index contributed by atoms with van der Waals surface area (Å²) in [5.74, 6) is 0.135. The second-order valence-corrected chi connectivity index (χ2v) is 4.32. The number of piperidine rings is 1. The largest absolute Gasteiger partial charge is 0.341 e. The second kappa shape index (κ2) is 7.61. The van der Waals surface area contributed by atoms with E-state index in [9.17, 15) is 4.79 Å². The second-order valence-electron chi connectivity index (χ2n) is 4.32. The topological polar surface area (TPSA) is 64.2 Å². The van der Waals surface area contributed by atoms with Crippen molar-refractivity contribution in [3.8, 4) is 0 Å². The zero-order valence-electron chi connectivity index (χ0n) is 10.4. The smallest absolute Gasteiger partial charge is 0.247 e. The van der Waals surface area contributed by atoms with E-state index < -0.39 is 0 Å². The van der Waals surface area contributed by atoms with E-state index in [0.717, 1.165) is 25.9 Å². The van der Waals surface area contributed by atoms with E-state index in [1.807, 2.05) is 24.1 Å². The zero-order valence-corrected chi connectivity index (χ0v) is 12.0. The molecule has 0 aromatic carbocycles. The van der Waals surface area contributed by atoms with Crippen molar-refractivity contribution in [3.05, 3.63) is 18.5 Å². The maximum Gasteiger partial charge on any atom is 0.247 e. The highest BCUT2D eigenvalue weighted by Crippen LogP contribution is 2.14.